The molecule has 0 aliphatic carbocycles. The summed E-state index contributed by atoms with van der Waals surface area (Å²) in [5.41, 5.74) is 9.93. The predicted octanol–water partition coefficient (Wildman–Crippen LogP) is 4.69. The molecule has 2 aromatic heterocycles. The molecule has 4 aliphatic heterocycles. The van der Waals surface area contributed by atoms with Crippen LogP contribution < -0.4 is 10.5 Å². The van der Waals surface area contributed by atoms with Crippen molar-refractivity contribution >= 4 is 38.6 Å². The molecule has 0 unspecified atom stereocenters. The van der Waals surface area contributed by atoms with Gasteiger partial charge in [-0.15, -0.1) is 0 Å². The number of hydrogen-bond donors (Lipinski definition) is 2. The third kappa shape index (κ3) is 5.19. The van der Waals surface area contributed by atoms with Crippen LogP contribution in [0.5, 0.6) is 5.75 Å². The Morgan fingerprint density at radius 1 is 1.07 bits per heavy atom. The molecule has 3 saturated heterocycles. The number of benzene rings is 2. The number of aromatic nitrogens is 3. The van der Waals surface area contributed by atoms with Crippen molar-refractivity contribution in [3.8, 4) is 5.75 Å². The number of nitrogens with two attached hydrogens (primary N) is 1. The molecule has 1 amide bonds. The molecule has 6 heterocycles. The number of carboxylic acid groups (broad SMARTS) is 1. The average Bonchev–Trinajstić information content (AvgIpc) is 3.70. The summed E-state index contributed by atoms with van der Waals surface area (Å²) < 4.78 is 29.4. The molecule has 4 atom stereocenters. The van der Waals surface area contributed by atoms with Gasteiger partial charge >= 0.3 is 5.97 Å². The van der Waals surface area contributed by atoms with Crippen LogP contribution in [-0.2, 0) is 11.3 Å². The minimum absolute atomic E-state index is 0.0253. The maximum Gasteiger partial charge on any atom is 0.354 e. The number of fused-ring (bicyclic) bond motifs is 2. The van der Waals surface area contributed by atoms with Crippen LogP contribution in [0.15, 0.2) is 54.6 Å². The Morgan fingerprint density at radius 3 is 2.61 bits per heavy atom. The summed E-state index contributed by atoms with van der Waals surface area (Å²) in [7, 11) is 0.704. The highest BCUT2D eigenvalue weighted by molar-refractivity contribution is 6.53. The number of imidazole rings is 1. The van der Waals surface area contributed by atoms with E-state index in [1.165, 1.54) is 12.1 Å². The second kappa shape index (κ2) is 11.4. The van der Waals surface area contributed by atoms with Gasteiger partial charge in [0.1, 0.15) is 29.0 Å². The standard InChI is InChI=1S/C34H32FN5O5Si/c35-23-16-20(31(36)41)4-6-22(23)26-9-5-19-2-1-3-21(29(19)45-26)18-10-13-39(14-11-18)17-28-37-24-7-8-25(34(42)43)38-32(24)40(28)33-30(46-33)27-12-15-44-27/h1-9,16,18,26-27,30,33H,10-15,17H2,(H2,36,41)(H,42,43)/t26-,27+,30+,33-/m1/s1. The van der Waals surface area contributed by atoms with Gasteiger partial charge in [-0.3, -0.25) is 9.69 Å². The van der Waals surface area contributed by atoms with Crippen LogP contribution >= 0.6 is 0 Å². The van der Waals surface area contributed by atoms with Crippen LogP contribution in [0.4, 0.5) is 4.39 Å². The van der Waals surface area contributed by atoms with Crippen LogP contribution in [0.3, 0.4) is 0 Å². The van der Waals surface area contributed by atoms with E-state index in [-0.39, 0.29) is 28.9 Å². The highest BCUT2D eigenvalue weighted by Crippen LogP contribution is 2.49. The predicted molar refractivity (Wildman–Crippen MR) is 168 cm³/mol. The molecule has 2 radical (unpaired) electrons. The molecule has 4 aromatic rings. The first-order chi connectivity index (χ1) is 22.3. The number of ether oxygens (including phenoxy) is 2. The summed E-state index contributed by atoms with van der Waals surface area (Å²) in [6.07, 6.45) is 6.36. The van der Waals surface area contributed by atoms with Gasteiger partial charge in [0.15, 0.2) is 11.3 Å². The molecule has 0 saturated carbocycles. The second-order valence-corrected chi connectivity index (χ2v) is 14.0. The quantitative estimate of drug-likeness (QED) is 0.266. The summed E-state index contributed by atoms with van der Waals surface area (Å²) in [5.74, 6) is -0.294. The molecule has 4 aliphatic rings. The van der Waals surface area contributed by atoms with Crippen molar-refractivity contribution in [1.29, 1.82) is 0 Å². The van der Waals surface area contributed by atoms with E-state index in [0.29, 0.717) is 32.8 Å². The number of aromatic carboxylic acids is 1. The third-order valence-electron chi connectivity index (χ3n) is 9.59. The smallest absolute Gasteiger partial charge is 0.354 e. The molecule has 3 N–H and O–H groups in total. The summed E-state index contributed by atoms with van der Waals surface area (Å²) in [5, 5.41) is 9.59. The molecule has 3 fully saturated rings. The molecule has 0 bridgehead atoms. The number of rotatable bonds is 8. The number of hydrogen-bond acceptors (Lipinski definition) is 7. The largest absolute Gasteiger partial charge is 0.481 e. The zero-order valence-electron chi connectivity index (χ0n) is 24.9. The van der Waals surface area contributed by atoms with Crippen LogP contribution in [0.25, 0.3) is 17.2 Å². The number of likely N-dealkylation sites (tertiary alicyclic amines) is 1. The Labute approximate surface area is 266 Å². The fraction of sp³-hybridized carbons (Fsp3) is 0.353. The SMILES string of the molecule is NC(=O)c1ccc([C@H]2C=Cc3cccc(C4CCN(Cc5nc6ccc(C(=O)O)nc6n5[C@@H]5[Si][C@H]5[C@@H]5CCO5)CC4)c3O2)c(F)c1. The van der Waals surface area contributed by atoms with Crippen molar-refractivity contribution in [3.63, 3.8) is 0 Å². The van der Waals surface area contributed by atoms with E-state index in [0.717, 1.165) is 73.2 Å². The van der Waals surface area contributed by atoms with Gasteiger partial charge in [-0.25, -0.2) is 19.2 Å². The molecule has 12 heteroatoms. The fourth-order valence-corrected chi connectivity index (χ4v) is 8.51. The Morgan fingerprint density at radius 2 is 1.89 bits per heavy atom. The topological polar surface area (TPSA) is 133 Å². The lowest BCUT2D eigenvalue weighted by Gasteiger charge is -2.34. The number of carboxylic acids is 1. The number of primary amides is 1. The van der Waals surface area contributed by atoms with Gasteiger partial charge in [0, 0.05) is 29.0 Å². The van der Waals surface area contributed by atoms with Crippen molar-refractivity contribution < 1.29 is 28.6 Å². The van der Waals surface area contributed by atoms with E-state index < -0.39 is 23.8 Å². The van der Waals surface area contributed by atoms with E-state index in [1.807, 2.05) is 24.3 Å². The van der Waals surface area contributed by atoms with Crippen molar-refractivity contribution in [2.45, 2.75) is 55.1 Å². The normalized spacial score (nSPS) is 24.3. The monoisotopic (exact) mass is 637 g/mol. The molecular weight excluding hydrogens is 605 g/mol. The highest BCUT2D eigenvalue weighted by Gasteiger charge is 2.49. The Hall–Kier alpha value is -4.39. The van der Waals surface area contributed by atoms with Gasteiger partial charge in [-0.05, 0) is 79.7 Å². The number of amides is 1. The summed E-state index contributed by atoms with van der Waals surface area (Å²) in [4.78, 5) is 35.1. The van der Waals surface area contributed by atoms with E-state index in [9.17, 15) is 19.1 Å². The maximum absolute atomic E-state index is 15.0. The van der Waals surface area contributed by atoms with Gasteiger partial charge in [-0.1, -0.05) is 30.3 Å². The molecular formula is C34H32FN5O5Si. The molecule has 8 rings (SSSR count). The van der Waals surface area contributed by atoms with E-state index >= 15 is 0 Å². The summed E-state index contributed by atoms with van der Waals surface area (Å²) >= 11 is 0. The van der Waals surface area contributed by atoms with Crippen molar-refractivity contribution in [2.75, 3.05) is 19.7 Å². The minimum atomic E-state index is -1.05. The number of pyridine rings is 1. The average molecular weight is 638 g/mol. The number of para-hydroxylation sites is 1. The maximum atomic E-state index is 15.0. The van der Waals surface area contributed by atoms with Crippen LogP contribution in [0.1, 0.15) is 80.3 Å². The van der Waals surface area contributed by atoms with E-state index in [1.54, 1.807) is 12.1 Å². The first-order valence-electron chi connectivity index (χ1n) is 15.6. The molecule has 2 aromatic carbocycles. The lowest BCUT2D eigenvalue weighted by atomic mass is 9.87. The third-order valence-corrected chi connectivity index (χ3v) is 11.2. The van der Waals surface area contributed by atoms with Crippen molar-refractivity contribution in [3.05, 3.63) is 94.2 Å². The Balaban J connectivity index is 0.996. The molecule has 10 nitrogen and oxygen atoms in total. The first-order valence-corrected chi connectivity index (χ1v) is 16.8. The van der Waals surface area contributed by atoms with Gasteiger partial charge < -0.3 is 24.9 Å². The lowest BCUT2D eigenvalue weighted by Crippen LogP contribution is -2.33. The molecule has 46 heavy (non-hydrogen) atoms. The number of piperidine rings is 1. The highest BCUT2D eigenvalue weighted by atomic mass is 28.2. The van der Waals surface area contributed by atoms with Crippen LogP contribution in [-0.4, -0.2) is 71.7 Å². The second-order valence-electron chi connectivity index (χ2n) is 12.4. The van der Waals surface area contributed by atoms with Gasteiger partial charge in [0.2, 0.25) is 5.91 Å². The van der Waals surface area contributed by atoms with E-state index in [2.05, 4.69) is 20.5 Å². The zero-order valence-corrected chi connectivity index (χ0v) is 25.9. The zero-order chi connectivity index (χ0) is 31.5. The Bertz CT molecular complexity index is 1900. The van der Waals surface area contributed by atoms with Crippen molar-refractivity contribution in [2.24, 2.45) is 5.73 Å². The lowest BCUT2D eigenvalue weighted by molar-refractivity contribution is -0.0494. The van der Waals surface area contributed by atoms with E-state index in [4.69, 9.17) is 20.2 Å². The summed E-state index contributed by atoms with van der Waals surface area (Å²) in [6, 6.07) is 13.7. The van der Waals surface area contributed by atoms with Gasteiger partial charge in [0.25, 0.3) is 0 Å². The van der Waals surface area contributed by atoms with Crippen LogP contribution in [0, 0.1) is 5.82 Å². The van der Waals surface area contributed by atoms with Gasteiger partial charge in [-0.2, -0.15) is 0 Å². The Kier molecular flexibility index (Phi) is 7.22. The fourth-order valence-electron chi connectivity index (χ4n) is 6.97. The number of carbonyl (C=O) groups is 2. The molecule has 0 spiro atoms. The number of carbonyl (C=O) groups excluding carboxylic acids is 1. The van der Waals surface area contributed by atoms with Crippen LogP contribution in [0.2, 0.25) is 5.54 Å². The number of nitrogens with zero attached hydrogens (tertiary/aromatic N) is 4. The van der Waals surface area contributed by atoms with Gasteiger partial charge in [0.05, 0.1) is 22.2 Å². The minimum Gasteiger partial charge on any atom is -0.481 e. The molecule has 234 valence electrons. The van der Waals surface area contributed by atoms with Crippen molar-refractivity contribution in [1.82, 2.24) is 19.4 Å². The first kappa shape index (κ1) is 29.0. The summed E-state index contributed by atoms with van der Waals surface area (Å²) in [6.45, 7) is 3.17. The number of halogens is 1.